The van der Waals surface area contributed by atoms with E-state index in [0.717, 1.165) is 12.1 Å². The van der Waals surface area contributed by atoms with Crippen molar-refractivity contribution in [2.24, 2.45) is 4.99 Å². The maximum Gasteiger partial charge on any atom is 0.573 e. The molecule has 0 atom stereocenters. The van der Waals surface area contributed by atoms with Crippen molar-refractivity contribution in [2.75, 3.05) is 0 Å². The van der Waals surface area contributed by atoms with E-state index in [1.165, 1.54) is 35.2 Å². The van der Waals surface area contributed by atoms with Gasteiger partial charge in [0.05, 0.1) is 28.2 Å². The molecule has 4 aromatic rings. The zero-order chi connectivity index (χ0) is 24.3. The van der Waals surface area contributed by atoms with Gasteiger partial charge in [-0.15, -0.1) is 13.2 Å². The van der Waals surface area contributed by atoms with Crippen LogP contribution in [-0.2, 0) is 0 Å². The van der Waals surface area contributed by atoms with Crippen LogP contribution in [0.25, 0.3) is 16.9 Å². The molecular weight excluding hydrogens is 451 g/mol. The lowest BCUT2D eigenvalue weighted by Crippen LogP contribution is -2.17. The smallest absolute Gasteiger partial charge is 0.478 e. The van der Waals surface area contributed by atoms with Crippen molar-refractivity contribution in [1.29, 1.82) is 0 Å². The number of rotatable bonds is 6. The molecule has 0 radical (unpaired) electrons. The molecule has 0 saturated heterocycles. The molecule has 0 fully saturated rings. The zero-order valence-corrected chi connectivity index (χ0v) is 17.3. The summed E-state index contributed by atoms with van der Waals surface area (Å²) in [6, 6.07) is 19.7. The molecular formula is C24H16F3N3O4. The van der Waals surface area contributed by atoms with Crippen molar-refractivity contribution in [3.05, 3.63) is 100 Å². The van der Waals surface area contributed by atoms with Gasteiger partial charge in [0.15, 0.2) is 0 Å². The fraction of sp³-hybridized carbons (Fsp3) is 0.0417. The topological polar surface area (TPSA) is 96.7 Å². The highest BCUT2D eigenvalue weighted by Crippen LogP contribution is 2.28. The first-order valence-electron chi connectivity index (χ1n) is 9.86. The van der Waals surface area contributed by atoms with Crippen LogP contribution in [0.1, 0.15) is 15.9 Å². The molecule has 2 N–H and O–H groups in total. The third-order valence-electron chi connectivity index (χ3n) is 4.76. The van der Waals surface area contributed by atoms with E-state index in [0.29, 0.717) is 5.69 Å². The third-order valence-corrected chi connectivity index (χ3v) is 4.76. The van der Waals surface area contributed by atoms with Crippen molar-refractivity contribution in [3.8, 4) is 22.7 Å². The van der Waals surface area contributed by atoms with Gasteiger partial charge in [0.1, 0.15) is 5.75 Å². The van der Waals surface area contributed by atoms with Crippen molar-refractivity contribution in [1.82, 2.24) is 9.78 Å². The summed E-state index contributed by atoms with van der Waals surface area (Å²) in [4.78, 5) is 28.9. The van der Waals surface area contributed by atoms with E-state index in [9.17, 15) is 27.9 Å². The number of nitrogens with one attached hydrogen (secondary N) is 1. The highest BCUT2D eigenvalue weighted by molar-refractivity contribution is 5.96. The van der Waals surface area contributed by atoms with E-state index in [1.807, 2.05) is 0 Å². The number of para-hydroxylation sites is 2. The summed E-state index contributed by atoms with van der Waals surface area (Å²) in [5, 5.41) is 12.3. The summed E-state index contributed by atoms with van der Waals surface area (Å²) in [5.41, 5.74) is 0.441. The molecule has 0 aliphatic carbocycles. The Morgan fingerprint density at radius 3 is 2.41 bits per heavy atom. The molecule has 172 valence electrons. The minimum absolute atomic E-state index is 0.0215. The number of carboxylic acids is 1. The van der Waals surface area contributed by atoms with Crippen LogP contribution < -0.4 is 10.3 Å². The minimum Gasteiger partial charge on any atom is -0.478 e. The molecule has 0 spiro atoms. The molecule has 7 nitrogen and oxygen atoms in total. The number of aliphatic imine (C=N–C) groups is 1. The van der Waals surface area contributed by atoms with E-state index in [4.69, 9.17) is 0 Å². The monoisotopic (exact) mass is 467 g/mol. The Balaban J connectivity index is 1.86. The van der Waals surface area contributed by atoms with Crippen LogP contribution in [0.3, 0.4) is 0 Å². The summed E-state index contributed by atoms with van der Waals surface area (Å²) in [7, 11) is 0. The van der Waals surface area contributed by atoms with Crippen molar-refractivity contribution in [2.45, 2.75) is 6.36 Å². The fourth-order valence-corrected chi connectivity index (χ4v) is 3.30. The summed E-state index contributed by atoms with van der Waals surface area (Å²) in [5.74, 6) is -1.65. The molecule has 1 aromatic heterocycles. The van der Waals surface area contributed by atoms with Crippen LogP contribution in [-0.4, -0.2) is 33.4 Å². The van der Waals surface area contributed by atoms with Gasteiger partial charge in [0.2, 0.25) is 0 Å². The molecule has 34 heavy (non-hydrogen) atoms. The van der Waals surface area contributed by atoms with Crippen molar-refractivity contribution in [3.63, 3.8) is 0 Å². The van der Waals surface area contributed by atoms with Crippen LogP contribution in [0.4, 0.5) is 18.9 Å². The molecule has 0 bridgehead atoms. The maximum atomic E-state index is 13.2. The standard InChI is InChI=1S/C24H16F3N3O4/c25-24(26,27)34-17-10-6-7-15(13-17)21-19(14-28-20-12-5-4-11-18(20)23(32)33)22(31)30(29-21)16-8-2-1-3-9-16/h1-14,29H,(H,32,33). The minimum atomic E-state index is -4.88. The van der Waals surface area contributed by atoms with E-state index >= 15 is 0 Å². The average Bonchev–Trinajstić information content (AvgIpc) is 3.13. The van der Waals surface area contributed by atoms with Crippen LogP contribution in [0.2, 0.25) is 0 Å². The lowest BCUT2D eigenvalue weighted by Gasteiger charge is -2.10. The van der Waals surface area contributed by atoms with Crippen LogP contribution in [0.5, 0.6) is 5.75 Å². The second-order valence-corrected chi connectivity index (χ2v) is 7.03. The normalized spacial score (nSPS) is 11.6. The maximum absolute atomic E-state index is 13.2. The number of hydrogen-bond acceptors (Lipinski definition) is 4. The second kappa shape index (κ2) is 9.10. The number of ether oxygens (including phenoxy) is 1. The lowest BCUT2D eigenvalue weighted by atomic mass is 10.1. The molecule has 3 aromatic carbocycles. The summed E-state index contributed by atoms with van der Waals surface area (Å²) < 4.78 is 43.3. The molecule has 10 heteroatoms. The number of nitrogens with zero attached hydrogens (tertiary/aromatic N) is 2. The van der Waals surface area contributed by atoms with E-state index in [1.54, 1.807) is 42.5 Å². The van der Waals surface area contributed by atoms with Gasteiger partial charge < -0.3 is 9.84 Å². The molecule has 0 unspecified atom stereocenters. The SMILES string of the molecule is O=C(O)c1ccccc1N=Cc1c(-c2cccc(OC(F)(F)F)c2)[nH]n(-c2ccccc2)c1=O. The van der Waals surface area contributed by atoms with Gasteiger partial charge >= 0.3 is 12.3 Å². The lowest BCUT2D eigenvalue weighted by molar-refractivity contribution is -0.274. The van der Waals surface area contributed by atoms with E-state index < -0.39 is 23.6 Å². The molecule has 0 amide bonds. The van der Waals surface area contributed by atoms with Crippen LogP contribution in [0, 0.1) is 0 Å². The highest BCUT2D eigenvalue weighted by atomic mass is 19.4. The average molecular weight is 467 g/mol. The van der Waals surface area contributed by atoms with Gasteiger partial charge in [0.25, 0.3) is 5.56 Å². The molecule has 0 saturated carbocycles. The number of hydrogen-bond donors (Lipinski definition) is 2. The second-order valence-electron chi connectivity index (χ2n) is 7.03. The molecule has 1 heterocycles. The van der Waals surface area contributed by atoms with Crippen LogP contribution >= 0.6 is 0 Å². The van der Waals surface area contributed by atoms with Gasteiger partial charge in [-0.05, 0) is 36.4 Å². The van der Waals surface area contributed by atoms with E-state index in [2.05, 4.69) is 14.8 Å². The highest BCUT2D eigenvalue weighted by Gasteiger charge is 2.31. The number of alkyl halides is 3. The van der Waals surface area contributed by atoms with E-state index in [-0.39, 0.29) is 28.1 Å². The largest absolute Gasteiger partial charge is 0.573 e. The van der Waals surface area contributed by atoms with Crippen molar-refractivity contribution >= 4 is 17.9 Å². The Bertz CT molecular complexity index is 1420. The van der Waals surface area contributed by atoms with Gasteiger partial charge in [-0.25, -0.2) is 9.48 Å². The first-order chi connectivity index (χ1) is 16.2. The number of halogens is 3. The number of aromatic amines is 1. The molecule has 0 aliphatic heterocycles. The fourth-order valence-electron chi connectivity index (χ4n) is 3.30. The summed E-state index contributed by atoms with van der Waals surface area (Å²) in [6.45, 7) is 0. The third kappa shape index (κ3) is 4.90. The molecule has 4 rings (SSSR count). The molecule has 0 aliphatic rings. The van der Waals surface area contributed by atoms with Gasteiger partial charge in [-0.3, -0.25) is 14.9 Å². The number of aromatic carboxylic acids is 1. The number of carboxylic acid groups (broad SMARTS) is 1. The first-order valence-corrected chi connectivity index (χ1v) is 9.86. The Labute approximate surface area is 190 Å². The number of carbonyl (C=O) groups is 1. The van der Waals surface area contributed by atoms with Gasteiger partial charge in [0, 0.05) is 11.8 Å². The zero-order valence-electron chi connectivity index (χ0n) is 17.3. The number of H-pyrrole nitrogens is 1. The quantitative estimate of drug-likeness (QED) is 0.382. The van der Waals surface area contributed by atoms with Crippen molar-refractivity contribution < 1.29 is 27.8 Å². The Morgan fingerprint density at radius 1 is 1.00 bits per heavy atom. The predicted molar refractivity (Wildman–Crippen MR) is 119 cm³/mol. The Hall–Kier alpha value is -4.60. The predicted octanol–water partition coefficient (Wildman–Crippen LogP) is 5.18. The number of benzene rings is 3. The Kier molecular flexibility index (Phi) is 6.05. The first kappa shape index (κ1) is 22.6. The van der Waals surface area contributed by atoms with Gasteiger partial charge in [-0.2, -0.15) is 0 Å². The van der Waals surface area contributed by atoms with Crippen LogP contribution in [0.15, 0.2) is 88.6 Å². The van der Waals surface area contributed by atoms with Gasteiger partial charge in [-0.1, -0.05) is 42.5 Å². The number of aromatic nitrogens is 2. The Morgan fingerprint density at radius 2 is 1.71 bits per heavy atom. The summed E-state index contributed by atoms with van der Waals surface area (Å²) in [6.07, 6.45) is -3.69. The summed E-state index contributed by atoms with van der Waals surface area (Å²) >= 11 is 0.